The van der Waals surface area contributed by atoms with Crippen molar-refractivity contribution in [2.45, 2.75) is 46.1 Å². The van der Waals surface area contributed by atoms with E-state index in [-0.39, 0.29) is 11.5 Å². The summed E-state index contributed by atoms with van der Waals surface area (Å²) in [5.41, 5.74) is 5.19. The van der Waals surface area contributed by atoms with Crippen LogP contribution in [0.3, 0.4) is 0 Å². The third-order valence-corrected chi connectivity index (χ3v) is 3.77. The Morgan fingerprint density at radius 3 is 2.24 bits per heavy atom. The number of hydrogen-bond acceptors (Lipinski definition) is 2. The first-order chi connectivity index (χ1) is 9.91. The highest BCUT2D eigenvalue weighted by atomic mass is 14.9. The number of aryl methyl sites for hydroxylation is 1. The minimum Gasteiger partial charge on any atom is -0.307 e. The second kappa shape index (κ2) is 6.40. The van der Waals surface area contributed by atoms with E-state index in [0.717, 1.165) is 12.2 Å². The summed E-state index contributed by atoms with van der Waals surface area (Å²) in [5.74, 6) is 0. The van der Waals surface area contributed by atoms with Gasteiger partial charge in [-0.2, -0.15) is 0 Å². The first-order valence-corrected chi connectivity index (χ1v) is 7.68. The number of benzene rings is 1. The maximum absolute atomic E-state index is 4.29. The number of hydrogen-bond donors (Lipinski definition) is 1. The van der Waals surface area contributed by atoms with E-state index >= 15 is 0 Å². The van der Waals surface area contributed by atoms with Gasteiger partial charge in [0.15, 0.2) is 0 Å². The number of rotatable bonds is 4. The van der Waals surface area contributed by atoms with Gasteiger partial charge in [0.25, 0.3) is 0 Å². The normalized spacial score (nSPS) is 13.2. The zero-order valence-corrected chi connectivity index (χ0v) is 13.8. The largest absolute Gasteiger partial charge is 0.307 e. The Kier molecular flexibility index (Phi) is 4.79. The molecule has 1 N–H and O–H groups in total. The molecule has 0 fully saturated rings. The quantitative estimate of drug-likeness (QED) is 0.899. The molecule has 1 atom stereocenters. The van der Waals surface area contributed by atoms with Crippen LogP contribution in [0.5, 0.6) is 0 Å². The molecule has 0 radical (unpaired) electrons. The van der Waals surface area contributed by atoms with Gasteiger partial charge < -0.3 is 5.32 Å². The molecule has 0 aliphatic heterocycles. The molecule has 112 valence electrons. The van der Waals surface area contributed by atoms with Crippen molar-refractivity contribution in [1.29, 1.82) is 0 Å². The van der Waals surface area contributed by atoms with Gasteiger partial charge in [-0.3, -0.25) is 4.98 Å². The molecule has 1 aromatic heterocycles. The Hall–Kier alpha value is -1.67. The number of nitrogens with one attached hydrogen (secondary N) is 1. The fourth-order valence-corrected chi connectivity index (χ4v) is 2.55. The van der Waals surface area contributed by atoms with Crippen LogP contribution in [0.25, 0.3) is 0 Å². The third-order valence-electron chi connectivity index (χ3n) is 3.77. The van der Waals surface area contributed by atoms with Crippen LogP contribution >= 0.6 is 0 Å². The molecular weight excluding hydrogens is 256 g/mol. The summed E-state index contributed by atoms with van der Waals surface area (Å²) < 4.78 is 0. The van der Waals surface area contributed by atoms with Gasteiger partial charge in [-0.05, 0) is 47.7 Å². The Morgan fingerprint density at radius 1 is 1.05 bits per heavy atom. The van der Waals surface area contributed by atoms with Crippen LogP contribution in [0.15, 0.2) is 42.6 Å². The lowest BCUT2D eigenvalue weighted by molar-refractivity contribution is 0.587. The van der Waals surface area contributed by atoms with Crippen molar-refractivity contribution < 1.29 is 0 Å². The van der Waals surface area contributed by atoms with Crippen LogP contribution in [0.4, 0.5) is 0 Å². The van der Waals surface area contributed by atoms with Gasteiger partial charge >= 0.3 is 0 Å². The van der Waals surface area contributed by atoms with Crippen LogP contribution in [0.2, 0.25) is 0 Å². The van der Waals surface area contributed by atoms with Crippen LogP contribution in [0.1, 0.15) is 56.1 Å². The molecule has 0 aliphatic rings. The predicted octanol–water partition coefficient (Wildman–Crippen LogP) is 4.39. The van der Waals surface area contributed by atoms with Crippen molar-refractivity contribution in [3.05, 3.63) is 65.0 Å². The average Bonchev–Trinajstić information content (AvgIpc) is 2.44. The fourth-order valence-electron chi connectivity index (χ4n) is 2.55. The van der Waals surface area contributed by atoms with E-state index in [2.05, 4.69) is 74.4 Å². The van der Waals surface area contributed by atoms with Gasteiger partial charge in [0.2, 0.25) is 0 Å². The Bertz CT molecular complexity index is 579. The lowest BCUT2D eigenvalue weighted by Gasteiger charge is -2.22. The van der Waals surface area contributed by atoms with Crippen LogP contribution in [0, 0.1) is 6.92 Å². The van der Waals surface area contributed by atoms with Gasteiger partial charge in [-0.15, -0.1) is 0 Å². The van der Waals surface area contributed by atoms with E-state index in [1.165, 1.54) is 16.7 Å². The molecule has 2 nitrogen and oxygen atoms in total. The van der Waals surface area contributed by atoms with E-state index < -0.39 is 0 Å². The van der Waals surface area contributed by atoms with Gasteiger partial charge in [0.05, 0.1) is 6.04 Å². The zero-order valence-electron chi connectivity index (χ0n) is 13.8. The van der Waals surface area contributed by atoms with Gasteiger partial charge in [-0.1, -0.05) is 52.0 Å². The first-order valence-electron chi connectivity index (χ1n) is 7.68. The molecular formula is C19H26N2. The zero-order chi connectivity index (χ0) is 15.5. The maximum Gasteiger partial charge on any atom is 0.0577 e. The molecule has 1 heterocycles. The van der Waals surface area contributed by atoms with Crippen molar-refractivity contribution in [2.75, 3.05) is 6.54 Å². The minimum atomic E-state index is 0.194. The highest BCUT2D eigenvalue weighted by Crippen LogP contribution is 2.26. The summed E-state index contributed by atoms with van der Waals surface area (Å²) in [5, 5.41) is 3.57. The van der Waals surface area contributed by atoms with Crippen molar-refractivity contribution in [3.8, 4) is 0 Å². The van der Waals surface area contributed by atoms with E-state index in [0.29, 0.717) is 0 Å². The number of aromatic nitrogens is 1. The summed E-state index contributed by atoms with van der Waals surface area (Å²) >= 11 is 0. The SMILES string of the molecule is CCNC(c1ccc(C(C)(C)C)cc1)c1ccnc(C)c1. The van der Waals surface area contributed by atoms with Gasteiger partial charge in [0.1, 0.15) is 0 Å². The summed E-state index contributed by atoms with van der Waals surface area (Å²) in [7, 11) is 0. The summed E-state index contributed by atoms with van der Waals surface area (Å²) in [6, 6.07) is 13.4. The Balaban J connectivity index is 2.34. The molecule has 21 heavy (non-hydrogen) atoms. The monoisotopic (exact) mass is 282 g/mol. The molecule has 0 bridgehead atoms. The molecule has 2 rings (SSSR count). The second-order valence-corrected chi connectivity index (χ2v) is 6.59. The van der Waals surface area contributed by atoms with Gasteiger partial charge in [0, 0.05) is 11.9 Å². The molecule has 0 aliphatic carbocycles. The Labute approximate surface area is 128 Å². The van der Waals surface area contributed by atoms with Crippen molar-refractivity contribution >= 4 is 0 Å². The average molecular weight is 282 g/mol. The fraction of sp³-hybridized carbons (Fsp3) is 0.421. The standard InChI is InChI=1S/C19H26N2/c1-6-20-18(16-11-12-21-14(2)13-16)15-7-9-17(10-8-15)19(3,4)5/h7-13,18,20H,6H2,1-5H3. The molecule has 0 saturated heterocycles. The van der Waals surface area contributed by atoms with E-state index in [1.54, 1.807) is 0 Å². The molecule has 0 saturated carbocycles. The Morgan fingerprint density at radius 2 is 1.71 bits per heavy atom. The molecule has 1 aromatic carbocycles. The highest BCUT2D eigenvalue weighted by molar-refractivity contribution is 5.35. The van der Waals surface area contributed by atoms with Crippen LogP contribution in [-0.2, 0) is 5.41 Å². The van der Waals surface area contributed by atoms with E-state index in [1.807, 2.05) is 13.1 Å². The minimum absolute atomic E-state index is 0.194. The number of pyridine rings is 1. The molecule has 1 unspecified atom stereocenters. The van der Waals surface area contributed by atoms with E-state index in [9.17, 15) is 0 Å². The molecule has 0 spiro atoms. The first kappa shape index (κ1) is 15.7. The lowest BCUT2D eigenvalue weighted by atomic mass is 9.86. The highest BCUT2D eigenvalue weighted by Gasteiger charge is 2.16. The predicted molar refractivity (Wildman–Crippen MR) is 89.6 cm³/mol. The van der Waals surface area contributed by atoms with Gasteiger partial charge in [-0.25, -0.2) is 0 Å². The van der Waals surface area contributed by atoms with Crippen molar-refractivity contribution in [1.82, 2.24) is 10.3 Å². The molecule has 2 heteroatoms. The van der Waals surface area contributed by atoms with Crippen LogP contribution in [-0.4, -0.2) is 11.5 Å². The summed E-state index contributed by atoms with van der Waals surface area (Å²) in [6.45, 7) is 11.9. The number of nitrogens with zero attached hydrogens (tertiary/aromatic N) is 1. The topological polar surface area (TPSA) is 24.9 Å². The van der Waals surface area contributed by atoms with Crippen LogP contribution < -0.4 is 5.32 Å². The summed E-state index contributed by atoms with van der Waals surface area (Å²) in [4.78, 5) is 4.29. The van der Waals surface area contributed by atoms with Crippen molar-refractivity contribution in [3.63, 3.8) is 0 Å². The third kappa shape index (κ3) is 3.92. The maximum atomic E-state index is 4.29. The second-order valence-electron chi connectivity index (χ2n) is 6.59. The molecule has 2 aromatic rings. The smallest absolute Gasteiger partial charge is 0.0577 e. The van der Waals surface area contributed by atoms with E-state index in [4.69, 9.17) is 0 Å². The lowest BCUT2D eigenvalue weighted by Crippen LogP contribution is -2.22. The summed E-state index contributed by atoms with van der Waals surface area (Å²) in [6.07, 6.45) is 1.89. The molecule has 0 amide bonds. The van der Waals surface area contributed by atoms with Crippen molar-refractivity contribution in [2.24, 2.45) is 0 Å².